The Balaban J connectivity index is 1.99. The van der Waals surface area contributed by atoms with Crippen LogP contribution in [0.15, 0.2) is 42.6 Å². The lowest BCUT2D eigenvalue weighted by molar-refractivity contribution is -0.116. The fourth-order valence-corrected chi connectivity index (χ4v) is 1.75. The third kappa shape index (κ3) is 4.42. The summed E-state index contributed by atoms with van der Waals surface area (Å²) in [5.41, 5.74) is 6.55. The van der Waals surface area contributed by atoms with Crippen molar-refractivity contribution in [1.29, 1.82) is 0 Å². The first-order valence-corrected chi connectivity index (χ1v) is 6.56. The minimum Gasteiger partial charge on any atom is -0.439 e. The highest BCUT2D eigenvalue weighted by Crippen LogP contribution is 2.20. The molecule has 0 atom stereocenters. The van der Waals surface area contributed by atoms with Crippen molar-refractivity contribution >= 4 is 11.7 Å². The van der Waals surface area contributed by atoms with Crippen LogP contribution in [0.2, 0.25) is 0 Å². The molecule has 21 heavy (non-hydrogen) atoms. The average Bonchev–Trinajstić information content (AvgIpc) is 2.47. The van der Waals surface area contributed by atoms with E-state index >= 15 is 0 Å². The van der Waals surface area contributed by atoms with Crippen LogP contribution in [0, 0.1) is 0 Å². The fourth-order valence-electron chi connectivity index (χ4n) is 1.75. The number of carbonyl (C=O) groups is 2. The van der Waals surface area contributed by atoms with Gasteiger partial charge in [0, 0.05) is 18.7 Å². The SMILES string of the molecule is CC(=O)CCc1ccc(Oc2ccc(C(N)=O)cn2)cc1. The van der Waals surface area contributed by atoms with E-state index in [0.717, 1.165) is 12.0 Å². The summed E-state index contributed by atoms with van der Waals surface area (Å²) in [6.07, 6.45) is 2.64. The highest BCUT2D eigenvalue weighted by molar-refractivity contribution is 5.92. The lowest BCUT2D eigenvalue weighted by Crippen LogP contribution is -2.10. The molecule has 1 heterocycles. The highest BCUT2D eigenvalue weighted by Gasteiger charge is 2.03. The van der Waals surface area contributed by atoms with Crippen molar-refractivity contribution in [3.8, 4) is 11.6 Å². The molecule has 0 fully saturated rings. The number of benzene rings is 1. The number of primary amides is 1. The normalized spacial score (nSPS) is 10.1. The summed E-state index contributed by atoms with van der Waals surface area (Å²) >= 11 is 0. The van der Waals surface area contributed by atoms with E-state index in [0.29, 0.717) is 23.6 Å². The lowest BCUT2D eigenvalue weighted by Gasteiger charge is -2.06. The minimum atomic E-state index is -0.524. The minimum absolute atomic E-state index is 0.175. The van der Waals surface area contributed by atoms with E-state index in [1.807, 2.05) is 24.3 Å². The van der Waals surface area contributed by atoms with Gasteiger partial charge in [0.1, 0.15) is 11.5 Å². The second kappa shape index (κ2) is 6.65. The van der Waals surface area contributed by atoms with Gasteiger partial charge in [0.2, 0.25) is 11.8 Å². The number of hydrogen-bond acceptors (Lipinski definition) is 4. The Morgan fingerprint density at radius 2 is 1.86 bits per heavy atom. The van der Waals surface area contributed by atoms with E-state index in [-0.39, 0.29) is 5.78 Å². The summed E-state index contributed by atoms with van der Waals surface area (Å²) in [5.74, 6) is 0.676. The van der Waals surface area contributed by atoms with E-state index < -0.39 is 5.91 Å². The maximum Gasteiger partial charge on any atom is 0.250 e. The van der Waals surface area contributed by atoms with Crippen LogP contribution in [0.5, 0.6) is 11.6 Å². The molecule has 0 unspecified atom stereocenters. The van der Waals surface area contributed by atoms with Gasteiger partial charge >= 0.3 is 0 Å². The van der Waals surface area contributed by atoms with E-state index in [1.54, 1.807) is 19.1 Å². The maximum absolute atomic E-state index is 10.9. The smallest absolute Gasteiger partial charge is 0.250 e. The van der Waals surface area contributed by atoms with Gasteiger partial charge in [0.05, 0.1) is 5.56 Å². The molecule has 1 aromatic carbocycles. The van der Waals surface area contributed by atoms with E-state index in [4.69, 9.17) is 10.5 Å². The number of Topliss-reactive ketones (excluding diaryl/α,β-unsaturated/α-hetero) is 1. The van der Waals surface area contributed by atoms with Gasteiger partial charge in [-0.1, -0.05) is 12.1 Å². The molecule has 0 aliphatic heterocycles. The second-order valence-electron chi connectivity index (χ2n) is 4.70. The summed E-state index contributed by atoms with van der Waals surface area (Å²) in [5, 5.41) is 0. The molecule has 2 N–H and O–H groups in total. The van der Waals surface area contributed by atoms with Crippen LogP contribution in [0.1, 0.15) is 29.3 Å². The Hall–Kier alpha value is -2.69. The quantitative estimate of drug-likeness (QED) is 0.883. The summed E-state index contributed by atoms with van der Waals surface area (Å²) < 4.78 is 5.56. The van der Waals surface area contributed by atoms with Crippen molar-refractivity contribution < 1.29 is 14.3 Å². The van der Waals surface area contributed by atoms with Crippen molar-refractivity contribution in [3.63, 3.8) is 0 Å². The molecule has 0 aliphatic carbocycles. The molecule has 0 saturated heterocycles. The number of carbonyl (C=O) groups excluding carboxylic acids is 2. The predicted molar refractivity (Wildman–Crippen MR) is 78.3 cm³/mol. The Kier molecular flexibility index (Phi) is 4.66. The monoisotopic (exact) mass is 284 g/mol. The Labute approximate surface area is 122 Å². The van der Waals surface area contributed by atoms with Gasteiger partial charge < -0.3 is 15.3 Å². The van der Waals surface area contributed by atoms with Crippen LogP contribution in [0.3, 0.4) is 0 Å². The Morgan fingerprint density at radius 1 is 1.14 bits per heavy atom. The van der Waals surface area contributed by atoms with Gasteiger partial charge in [-0.05, 0) is 37.1 Å². The van der Waals surface area contributed by atoms with E-state index in [2.05, 4.69) is 4.98 Å². The molecule has 0 aliphatic rings. The lowest BCUT2D eigenvalue weighted by atomic mass is 10.1. The van der Waals surface area contributed by atoms with Gasteiger partial charge in [-0.2, -0.15) is 0 Å². The predicted octanol–water partition coefficient (Wildman–Crippen LogP) is 2.49. The zero-order valence-electron chi connectivity index (χ0n) is 11.7. The molecule has 1 aromatic heterocycles. The summed E-state index contributed by atoms with van der Waals surface area (Å²) in [7, 11) is 0. The summed E-state index contributed by atoms with van der Waals surface area (Å²) in [4.78, 5) is 25.9. The zero-order chi connectivity index (χ0) is 15.2. The van der Waals surface area contributed by atoms with Crippen molar-refractivity contribution in [2.24, 2.45) is 5.73 Å². The van der Waals surface area contributed by atoms with E-state index in [9.17, 15) is 9.59 Å². The van der Waals surface area contributed by atoms with Crippen molar-refractivity contribution in [1.82, 2.24) is 4.98 Å². The van der Waals surface area contributed by atoms with Gasteiger partial charge in [-0.15, -0.1) is 0 Å². The standard InChI is InChI=1S/C16H16N2O3/c1-11(19)2-3-12-4-7-14(8-5-12)21-15-9-6-13(10-18-15)16(17)20/h4-10H,2-3H2,1H3,(H2,17,20). The summed E-state index contributed by atoms with van der Waals surface area (Å²) in [6, 6.07) is 10.6. The largest absolute Gasteiger partial charge is 0.439 e. The summed E-state index contributed by atoms with van der Waals surface area (Å²) in [6.45, 7) is 1.58. The van der Waals surface area contributed by atoms with Gasteiger partial charge in [-0.25, -0.2) is 4.98 Å². The van der Waals surface area contributed by atoms with Gasteiger partial charge in [0.25, 0.3) is 0 Å². The number of aromatic nitrogens is 1. The Morgan fingerprint density at radius 3 is 2.38 bits per heavy atom. The number of amides is 1. The third-order valence-electron chi connectivity index (χ3n) is 2.93. The number of hydrogen-bond donors (Lipinski definition) is 1. The molecular formula is C16H16N2O3. The van der Waals surface area contributed by atoms with Crippen LogP contribution >= 0.6 is 0 Å². The number of aryl methyl sites for hydroxylation is 1. The number of ketones is 1. The van der Waals surface area contributed by atoms with Crippen LogP contribution in [0.25, 0.3) is 0 Å². The van der Waals surface area contributed by atoms with Crippen molar-refractivity contribution in [3.05, 3.63) is 53.7 Å². The number of rotatable bonds is 6. The molecule has 5 nitrogen and oxygen atoms in total. The molecule has 108 valence electrons. The maximum atomic E-state index is 10.9. The molecule has 5 heteroatoms. The molecule has 2 aromatic rings. The van der Waals surface area contributed by atoms with Gasteiger partial charge in [-0.3, -0.25) is 4.79 Å². The number of ether oxygens (including phenoxy) is 1. The molecule has 0 saturated carbocycles. The Bertz CT molecular complexity index is 634. The van der Waals surface area contributed by atoms with Crippen molar-refractivity contribution in [2.45, 2.75) is 19.8 Å². The molecule has 2 rings (SSSR count). The molecule has 0 bridgehead atoms. The van der Waals surface area contributed by atoms with Crippen LogP contribution in [-0.2, 0) is 11.2 Å². The molecule has 0 radical (unpaired) electrons. The van der Waals surface area contributed by atoms with Gasteiger partial charge in [0.15, 0.2) is 0 Å². The second-order valence-corrected chi connectivity index (χ2v) is 4.70. The van der Waals surface area contributed by atoms with Crippen LogP contribution in [0.4, 0.5) is 0 Å². The van der Waals surface area contributed by atoms with E-state index in [1.165, 1.54) is 6.20 Å². The molecule has 0 spiro atoms. The number of pyridine rings is 1. The van der Waals surface area contributed by atoms with Crippen LogP contribution in [-0.4, -0.2) is 16.7 Å². The first-order valence-electron chi connectivity index (χ1n) is 6.56. The average molecular weight is 284 g/mol. The van der Waals surface area contributed by atoms with Crippen molar-refractivity contribution in [2.75, 3.05) is 0 Å². The molecule has 1 amide bonds. The zero-order valence-corrected chi connectivity index (χ0v) is 11.7. The number of nitrogens with zero attached hydrogens (tertiary/aromatic N) is 1. The first kappa shape index (κ1) is 14.7. The third-order valence-corrected chi connectivity index (χ3v) is 2.93. The highest BCUT2D eigenvalue weighted by atomic mass is 16.5. The number of nitrogens with two attached hydrogens (primary N) is 1. The topological polar surface area (TPSA) is 82.3 Å². The molecular weight excluding hydrogens is 268 g/mol. The van der Waals surface area contributed by atoms with Crippen LogP contribution < -0.4 is 10.5 Å². The fraction of sp³-hybridized carbons (Fsp3) is 0.188. The first-order chi connectivity index (χ1) is 10.0.